The molecule has 0 spiro atoms. The van der Waals surface area contributed by atoms with Gasteiger partial charge in [-0.1, -0.05) is 6.07 Å². The Morgan fingerprint density at radius 3 is 2.80 bits per heavy atom. The Bertz CT molecular complexity index is 1020. The zero-order valence-electron chi connectivity index (χ0n) is 14.4. The maximum absolute atomic E-state index is 12.3. The number of nitrogens with two attached hydrogens (primary N) is 1. The molecule has 0 unspecified atom stereocenters. The van der Waals surface area contributed by atoms with Gasteiger partial charge in [0.1, 0.15) is 0 Å². The highest BCUT2D eigenvalue weighted by Crippen LogP contribution is 2.39. The minimum atomic E-state index is -0.643. The third-order valence-corrected chi connectivity index (χ3v) is 5.75. The average Bonchev–Trinajstić information content (AvgIpc) is 3.17. The number of hydrogen-bond donors (Lipinski definition) is 1. The van der Waals surface area contributed by atoms with E-state index in [1.54, 1.807) is 23.1 Å². The van der Waals surface area contributed by atoms with E-state index < -0.39 is 5.54 Å². The standard InChI is InChI=1S/C18H19N5OS/c1-18(7-16(24)23(3)17(19)21-18)12-4-5-15-13(6-12)14(10-25-15)11-8-20-22(2)9-11/h4-6,8-10H,7H2,1-3H3,(H2,19,21)/t18-/m0/s1. The van der Waals surface area contributed by atoms with E-state index in [0.717, 1.165) is 22.1 Å². The Morgan fingerprint density at radius 2 is 2.12 bits per heavy atom. The fraction of sp³-hybridized carbons (Fsp3) is 0.278. The normalized spacial score (nSPS) is 21.0. The Balaban J connectivity index is 1.85. The van der Waals surface area contributed by atoms with Crippen LogP contribution in [-0.2, 0) is 17.4 Å². The molecule has 2 aromatic heterocycles. The Kier molecular flexibility index (Phi) is 3.43. The van der Waals surface area contributed by atoms with Crippen LogP contribution in [0.15, 0.2) is 41.0 Å². The molecule has 0 saturated heterocycles. The molecule has 2 N–H and O–H groups in total. The SMILES string of the molecule is CN1C(=O)C[C@@](C)(c2ccc3scc(-c4cnn(C)c4)c3c2)N=C1N. The summed E-state index contributed by atoms with van der Waals surface area (Å²) in [6.07, 6.45) is 4.18. The van der Waals surface area contributed by atoms with Crippen LogP contribution in [0.2, 0.25) is 0 Å². The molecule has 3 heterocycles. The molecule has 128 valence electrons. The van der Waals surface area contributed by atoms with E-state index in [1.165, 1.54) is 9.60 Å². The zero-order valence-corrected chi connectivity index (χ0v) is 15.2. The molecule has 0 saturated carbocycles. The van der Waals surface area contributed by atoms with Gasteiger partial charge < -0.3 is 5.73 Å². The van der Waals surface area contributed by atoms with Crippen molar-refractivity contribution in [3.63, 3.8) is 0 Å². The first-order chi connectivity index (χ1) is 11.9. The number of fused-ring (bicyclic) bond motifs is 1. The van der Waals surface area contributed by atoms with Gasteiger partial charge in [0, 0.05) is 41.5 Å². The number of guanidine groups is 1. The second-order valence-corrected chi connectivity index (χ2v) is 7.55. The summed E-state index contributed by atoms with van der Waals surface area (Å²) < 4.78 is 2.99. The highest BCUT2D eigenvalue weighted by atomic mass is 32.1. The summed E-state index contributed by atoms with van der Waals surface area (Å²) in [5.74, 6) is 0.240. The molecule has 6 nitrogen and oxygen atoms in total. The summed E-state index contributed by atoms with van der Waals surface area (Å²) in [4.78, 5) is 18.3. The summed E-state index contributed by atoms with van der Waals surface area (Å²) in [5.41, 5.74) is 8.52. The van der Waals surface area contributed by atoms with E-state index >= 15 is 0 Å². The minimum absolute atomic E-state index is 0.0205. The topological polar surface area (TPSA) is 76.5 Å². The molecule has 0 aliphatic carbocycles. The van der Waals surface area contributed by atoms with Gasteiger partial charge in [-0.15, -0.1) is 11.3 Å². The van der Waals surface area contributed by atoms with E-state index in [9.17, 15) is 4.79 Å². The zero-order chi connectivity index (χ0) is 17.8. The van der Waals surface area contributed by atoms with Crippen LogP contribution in [0.5, 0.6) is 0 Å². The summed E-state index contributed by atoms with van der Waals surface area (Å²) in [6.45, 7) is 1.96. The first-order valence-corrected chi connectivity index (χ1v) is 8.88. The van der Waals surface area contributed by atoms with Crippen molar-refractivity contribution in [2.75, 3.05) is 7.05 Å². The van der Waals surface area contributed by atoms with Crippen LogP contribution in [0, 0.1) is 0 Å². The van der Waals surface area contributed by atoms with Crippen molar-refractivity contribution in [2.45, 2.75) is 18.9 Å². The van der Waals surface area contributed by atoms with Crippen LogP contribution >= 0.6 is 11.3 Å². The number of thiophene rings is 1. The van der Waals surface area contributed by atoms with Crippen molar-refractivity contribution in [2.24, 2.45) is 17.8 Å². The molecule has 7 heteroatoms. The third-order valence-electron chi connectivity index (χ3n) is 4.79. The van der Waals surface area contributed by atoms with Gasteiger partial charge in [-0.25, -0.2) is 4.99 Å². The van der Waals surface area contributed by atoms with E-state index in [-0.39, 0.29) is 11.9 Å². The van der Waals surface area contributed by atoms with Crippen molar-refractivity contribution >= 4 is 33.3 Å². The largest absolute Gasteiger partial charge is 0.369 e. The van der Waals surface area contributed by atoms with Crippen LogP contribution in [0.1, 0.15) is 18.9 Å². The van der Waals surface area contributed by atoms with Gasteiger partial charge in [0.15, 0.2) is 5.96 Å². The predicted octanol–water partition coefficient (Wildman–Crippen LogP) is 2.69. The van der Waals surface area contributed by atoms with Gasteiger partial charge >= 0.3 is 0 Å². The first kappa shape index (κ1) is 15.8. The molecule has 0 fully saturated rings. The number of carbonyl (C=O) groups is 1. The maximum Gasteiger partial charge on any atom is 0.231 e. The highest BCUT2D eigenvalue weighted by Gasteiger charge is 2.36. The van der Waals surface area contributed by atoms with Crippen LogP contribution in [-0.4, -0.2) is 33.6 Å². The number of nitrogens with zero attached hydrogens (tertiary/aromatic N) is 4. The molecule has 3 aromatic rings. The fourth-order valence-electron chi connectivity index (χ4n) is 3.22. The summed E-state index contributed by atoms with van der Waals surface area (Å²) in [6, 6.07) is 6.26. The Morgan fingerprint density at radius 1 is 1.32 bits per heavy atom. The second-order valence-electron chi connectivity index (χ2n) is 6.64. The van der Waals surface area contributed by atoms with E-state index in [4.69, 9.17) is 5.73 Å². The lowest BCUT2D eigenvalue weighted by molar-refractivity contribution is -0.128. The van der Waals surface area contributed by atoms with Crippen molar-refractivity contribution in [3.8, 4) is 11.1 Å². The number of amides is 1. The molecular weight excluding hydrogens is 334 g/mol. The van der Waals surface area contributed by atoms with Crippen molar-refractivity contribution < 1.29 is 4.79 Å². The van der Waals surface area contributed by atoms with E-state index in [2.05, 4.69) is 27.6 Å². The van der Waals surface area contributed by atoms with Gasteiger partial charge in [0.2, 0.25) is 5.91 Å². The Hall–Kier alpha value is -2.67. The van der Waals surface area contributed by atoms with Crippen molar-refractivity contribution in [3.05, 3.63) is 41.5 Å². The third kappa shape index (κ3) is 2.51. The van der Waals surface area contributed by atoms with Crippen molar-refractivity contribution in [1.82, 2.24) is 14.7 Å². The minimum Gasteiger partial charge on any atom is -0.369 e. The second kappa shape index (κ2) is 5.42. The average molecular weight is 353 g/mol. The molecule has 1 aromatic carbocycles. The quantitative estimate of drug-likeness (QED) is 0.769. The number of aromatic nitrogens is 2. The fourth-order valence-corrected chi connectivity index (χ4v) is 4.17. The summed E-state index contributed by atoms with van der Waals surface area (Å²) in [7, 11) is 3.56. The molecule has 0 bridgehead atoms. The number of aliphatic imine (C=N–C) groups is 1. The lowest BCUT2D eigenvalue weighted by Gasteiger charge is -2.33. The number of benzene rings is 1. The lowest BCUT2D eigenvalue weighted by Crippen LogP contribution is -2.47. The molecule has 1 atom stereocenters. The lowest BCUT2D eigenvalue weighted by atomic mass is 9.86. The smallest absolute Gasteiger partial charge is 0.231 e. The summed E-state index contributed by atoms with van der Waals surface area (Å²) in [5, 5.41) is 7.56. The molecule has 25 heavy (non-hydrogen) atoms. The molecule has 1 amide bonds. The van der Waals surface area contributed by atoms with E-state index in [1.807, 2.05) is 32.4 Å². The number of rotatable bonds is 2. The number of carbonyl (C=O) groups excluding carboxylic acids is 1. The van der Waals surface area contributed by atoms with Crippen molar-refractivity contribution in [1.29, 1.82) is 0 Å². The van der Waals surface area contributed by atoms with Crippen LogP contribution in [0.3, 0.4) is 0 Å². The van der Waals surface area contributed by atoms with Gasteiger partial charge in [-0.05, 0) is 30.0 Å². The Labute approximate surface area is 149 Å². The van der Waals surface area contributed by atoms with Crippen LogP contribution in [0.4, 0.5) is 0 Å². The molecule has 4 rings (SSSR count). The first-order valence-electron chi connectivity index (χ1n) is 8.00. The predicted molar refractivity (Wildman–Crippen MR) is 100 cm³/mol. The van der Waals surface area contributed by atoms with Crippen LogP contribution < -0.4 is 5.73 Å². The van der Waals surface area contributed by atoms with Gasteiger partial charge in [0.05, 0.1) is 18.2 Å². The van der Waals surface area contributed by atoms with E-state index in [0.29, 0.717) is 6.42 Å². The molecule has 1 aliphatic heterocycles. The number of aryl methyl sites for hydroxylation is 1. The van der Waals surface area contributed by atoms with Gasteiger partial charge in [-0.3, -0.25) is 14.4 Å². The summed E-state index contributed by atoms with van der Waals surface area (Å²) >= 11 is 1.70. The molecular formula is C18H19N5OS. The van der Waals surface area contributed by atoms with Gasteiger partial charge in [0.25, 0.3) is 0 Å². The van der Waals surface area contributed by atoms with Crippen LogP contribution in [0.25, 0.3) is 21.2 Å². The molecule has 1 aliphatic rings. The molecule has 0 radical (unpaired) electrons. The number of hydrogen-bond acceptors (Lipinski definition) is 5. The monoisotopic (exact) mass is 353 g/mol. The van der Waals surface area contributed by atoms with Gasteiger partial charge in [-0.2, -0.15) is 5.10 Å². The highest BCUT2D eigenvalue weighted by molar-refractivity contribution is 7.17. The maximum atomic E-state index is 12.3.